The van der Waals surface area contributed by atoms with E-state index in [1.165, 1.54) is 0 Å². The SMILES string of the molecule is Cc1cc(=O)cc(C2CCN(C(=O)c3ccncc3)CC2)[nH]1. The maximum atomic E-state index is 12.4. The minimum atomic E-state index is 0.0431. The molecule has 3 heterocycles. The summed E-state index contributed by atoms with van der Waals surface area (Å²) in [5.74, 6) is 0.368. The number of carbonyl (C=O) groups excluding carboxylic acids is 1. The number of rotatable bonds is 2. The Balaban J connectivity index is 1.67. The van der Waals surface area contributed by atoms with Crippen molar-refractivity contribution in [2.75, 3.05) is 13.1 Å². The van der Waals surface area contributed by atoms with Crippen molar-refractivity contribution in [3.05, 3.63) is 63.8 Å². The van der Waals surface area contributed by atoms with Crippen LogP contribution in [0.15, 0.2) is 41.5 Å². The number of hydrogen-bond acceptors (Lipinski definition) is 3. The molecule has 0 aromatic carbocycles. The first kappa shape index (κ1) is 14.5. The van der Waals surface area contributed by atoms with Crippen molar-refractivity contribution in [1.29, 1.82) is 0 Å². The maximum absolute atomic E-state index is 12.4. The molecule has 0 radical (unpaired) electrons. The Morgan fingerprint density at radius 1 is 1.23 bits per heavy atom. The highest BCUT2D eigenvalue weighted by atomic mass is 16.2. The van der Waals surface area contributed by atoms with Gasteiger partial charge in [-0.05, 0) is 31.9 Å². The van der Waals surface area contributed by atoms with E-state index in [-0.39, 0.29) is 11.3 Å². The standard InChI is InChI=1S/C17H19N3O2/c1-12-10-15(21)11-16(19-12)13-4-8-20(9-5-13)17(22)14-2-6-18-7-3-14/h2-3,6-7,10-11,13H,4-5,8-9H2,1H3,(H,19,21). The molecule has 1 aliphatic heterocycles. The molecule has 0 unspecified atom stereocenters. The molecule has 2 aromatic heterocycles. The highest BCUT2D eigenvalue weighted by Crippen LogP contribution is 2.26. The lowest BCUT2D eigenvalue weighted by atomic mass is 9.92. The summed E-state index contributed by atoms with van der Waals surface area (Å²) < 4.78 is 0. The molecule has 22 heavy (non-hydrogen) atoms. The maximum Gasteiger partial charge on any atom is 0.253 e. The van der Waals surface area contributed by atoms with E-state index >= 15 is 0 Å². The number of pyridine rings is 2. The summed E-state index contributed by atoms with van der Waals surface area (Å²) in [6.07, 6.45) is 5.02. The van der Waals surface area contributed by atoms with Crippen LogP contribution < -0.4 is 5.43 Å². The van der Waals surface area contributed by atoms with Crippen molar-refractivity contribution in [3.8, 4) is 0 Å². The first-order chi connectivity index (χ1) is 10.6. The van der Waals surface area contributed by atoms with Crippen molar-refractivity contribution in [3.63, 3.8) is 0 Å². The number of aromatic amines is 1. The number of aromatic nitrogens is 2. The fourth-order valence-corrected chi connectivity index (χ4v) is 3.00. The monoisotopic (exact) mass is 297 g/mol. The second-order valence-corrected chi connectivity index (χ2v) is 5.76. The Hall–Kier alpha value is -2.43. The van der Waals surface area contributed by atoms with E-state index in [1.807, 2.05) is 11.8 Å². The van der Waals surface area contributed by atoms with Crippen molar-refractivity contribution in [1.82, 2.24) is 14.9 Å². The van der Waals surface area contributed by atoms with Crippen molar-refractivity contribution >= 4 is 5.91 Å². The van der Waals surface area contributed by atoms with Crippen LogP contribution in [0.1, 0.15) is 40.5 Å². The molecule has 0 atom stereocenters. The highest BCUT2D eigenvalue weighted by Gasteiger charge is 2.25. The molecule has 114 valence electrons. The van der Waals surface area contributed by atoms with Gasteiger partial charge in [0.1, 0.15) is 0 Å². The van der Waals surface area contributed by atoms with Crippen molar-refractivity contribution < 1.29 is 4.79 Å². The minimum Gasteiger partial charge on any atom is -0.362 e. The quantitative estimate of drug-likeness (QED) is 0.923. The van der Waals surface area contributed by atoms with Gasteiger partial charge in [-0.25, -0.2) is 0 Å². The summed E-state index contributed by atoms with van der Waals surface area (Å²) >= 11 is 0. The van der Waals surface area contributed by atoms with Crippen molar-refractivity contribution in [2.45, 2.75) is 25.7 Å². The molecule has 3 rings (SSSR count). The van der Waals surface area contributed by atoms with Gasteiger partial charge >= 0.3 is 0 Å². The zero-order chi connectivity index (χ0) is 15.5. The van der Waals surface area contributed by atoms with Crippen LogP contribution in [0.25, 0.3) is 0 Å². The largest absolute Gasteiger partial charge is 0.362 e. The van der Waals surface area contributed by atoms with E-state index in [1.54, 1.807) is 36.7 Å². The molecular formula is C17H19N3O2. The Labute approximate surface area is 129 Å². The van der Waals surface area contributed by atoms with Crippen LogP contribution in [-0.2, 0) is 0 Å². The molecule has 1 fully saturated rings. The van der Waals surface area contributed by atoms with Crippen molar-refractivity contribution in [2.24, 2.45) is 0 Å². The number of piperidine rings is 1. The van der Waals surface area contributed by atoms with Gasteiger partial charge in [0, 0.05) is 60.5 Å². The lowest BCUT2D eigenvalue weighted by Crippen LogP contribution is -2.38. The van der Waals surface area contributed by atoms with Crippen LogP contribution >= 0.6 is 0 Å². The van der Waals surface area contributed by atoms with Gasteiger partial charge in [0.05, 0.1) is 0 Å². The predicted octanol–water partition coefficient (Wildman–Crippen LogP) is 2.10. The van der Waals surface area contributed by atoms with Gasteiger partial charge in [-0.2, -0.15) is 0 Å². The smallest absolute Gasteiger partial charge is 0.253 e. The zero-order valence-corrected chi connectivity index (χ0v) is 12.6. The van der Waals surface area contributed by atoms with Gasteiger partial charge < -0.3 is 9.88 Å². The molecule has 1 saturated heterocycles. The molecule has 2 aromatic rings. The van der Waals surface area contributed by atoms with Gasteiger partial charge in [-0.3, -0.25) is 14.6 Å². The number of H-pyrrole nitrogens is 1. The number of aryl methyl sites for hydroxylation is 1. The molecule has 1 amide bonds. The second kappa shape index (κ2) is 6.13. The van der Waals surface area contributed by atoms with Crippen LogP contribution in [0.2, 0.25) is 0 Å². The fraction of sp³-hybridized carbons (Fsp3) is 0.353. The van der Waals surface area contributed by atoms with Gasteiger partial charge in [-0.15, -0.1) is 0 Å². The van der Waals surface area contributed by atoms with Crippen LogP contribution in [0.5, 0.6) is 0 Å². The van der Waals surface area contributed by atoms with E-state index in [2.05, 4.69) is 9.97 Å². The first-order valence-corrected chi connectivity index (χ1v) is 7.53. The Morgan fingerprint density at radius 2 is 1.91 bits per heavy atom. The summed E-state index contributed by atoms with van der Waals surface area (Å²) in [4.78, 5) is 33.1. The molecule has 0 aliphatic carbocycles. The molecule has 0 saturated carbocycles. The summed E-state index contributed by atoms with van der Waals surface area (Å²) in [5.41, 5.74) is 2.60. The molecule has 5 nitrogen and oxygen atoms in total. The van der Waals surface area contributed by atoms with E-state index in [9.17, 15) is 9.59 Å². The number of nitrogens with zero attached hydrogens (tertiary/aromatic N) is 2. The minimum absolute atomic E-state index is 0.0431. The Kier molecular flexibility index (Phi) is 4.04. The normalized spacial score (nSPS) is 15.8. The van der Waals surface area contributed by atoms with E-state index in [0.717, 1.165) is 24.2 Å². The number of carbonyl (C=O) groups is 1. The predicted molar refractivity (Wildman–Crippen MR) is 83.9 cm³/mol. The third-order valence-corrected chi connectivity index (χ3v) is 4.15. The summed E-state index contributed by atoms with van der Waals surface area (Å²) in [6, 6.07) is 6.77. The highest BCUT2D eigenvalue weighted by molar-refractivity contribution is 5.94. The summed E-state index contributed by atoms with van der Waals surface area (Å²) in [5, 5.41) is 0. The van der Waals surface area contributed by atoms with Crippen LogP contribution in [0.3, 0.4) is 0 Å². The molecule has 0 bridgehead atoms. The van der Waals surface area contributed by atoms with Crippen LogP contribution in [0.4, 0.5) is 0 Å². The van der Waals surface area contributed by atoms with Crippen LogP contribution in [-0.4, -0.2) is 33.9 Å². The number of hydrogen-bond donors (Lipinski definition) is 1. The van der Waals surface area contributed by atoms with E-state index < -0.39 is 0 Å². The van der Waals surface area contributed by atoms with Gasteiger partial charge in [0.15, 0.2) is 5.43 Å². The summed E-state index contributed by atoms with van der Waals surface area (Å²) in [7, 11) is 0. The number of likely N-dealkylation sites (tertiary alicyclic amines) is 1. The molecule has 1 N–H and O–H groups in total. The Morgan fingerprint density at radius 3 is 2.55 bits per heavy atom. The molecular weight excluding hydrogens is 278 g/mol. The summed E-state index contributed by atoms with van der Waals surface area (Å²) in [6.45, 7) is 3.32. The topological polar surface area (TPSA) is 66.1 Å². The zero-order valence-electron chi connectivity index (χ0n) is 12.6. The van der Waals surface area contributed by atoms with Crippen LogP contribution in [0, 0.1) is 6.92 Å². The average Bonchev–Trinajstić information content (AvgIpc) is 2.54. The average molecular weight is 297 g/mol. The second-order valence-electron chi connectivity index (χ2n) is 5.76. The third kappa shape index (κ3) is 3.08. The lowest BCUT2D eigenvalue weighted by molar-refractivity contribution is 0.0712. The number of nitrogens with one attached hydrogen (secondary N) is 1. The molecule has 5 heteroatoms. The molecule has 1 aliphatic rings. The van der Waals surface area contributed by atoms with E-state index in [0.29, 0.717) is 24.6 Å². The first-order valence-electron chi connectivity index (χ1n) is 7.53. The van der Waals surface area contributed by atoms with Gasteiger partial charge in [0.2, 0.25) is 0 Å². The van der Waals surface area contributed by atoms with Gasteiger partial charge in [-0.1, -0.05) is 0 Å². The Bertz CT molecular complexity index is 716. The lowest BCUT2D eigenvalue weighted by Gasteiger charge is -2.32. The van der Waals surface area contributed by atoms with E-state index in [4.69, 9.17) is 0 Å². The van der Waals surface area contributed by atoms with Gasteiger partial charge in [0.25, 0.3) is 5.91 Å². The molecule has 0 spiro atoms. The number of amides is 1. The third-order valence-electron chi connectivity index (χ3n) is 4.15. The fourth-order valence-electron chi connectivity index (χ4n) is 3.00.